The normalized spacial score (nSPS) is 14.8. The summed E-state index contributed by atoms with van der Waals surface area (Å²) in [6.07, 6.45) is 5.13. The molecule has 0 saturated heterocycles. The Bertz CT molecular complexity index is 1070. The molecule has 1 atom stereocenters. The van der Waals surface area contributed by atoms with Crippen molar-refractivity contribution in [3.8, 4) is 5.75 Å². The topological polar surface area (TPSA) is 74.7 Å². The van der Waals surface area contributed by atoms with Crippen LogP contribution in [-0.4, -0.2) is 36.8 Å². The van der Waals surface area contributed by atoms with Crippen molar-refractivity contribution < 1.29 is 14.6 Å². The van der Waals surface area contributed by atoms with Crippen LogP contribution in [0.4, 0.5) is 17.1 Å². The van der Waals surface area contributed by atoms with Crippen LogP contribution in [0.1, 0.15) is 33.8 Å². The van der Waals surface area contributed by atoms with E-state index in [9.17, 15) is 9.90 Å². The predicted octanol–water partition coefficient (Wildman–Crippen LogP) is 4.70. The van der Waals surface area contributed by atoms with Crippen LogP contribution in [-0.2, 0) is 6.42 Å². The molecule has 2 N–H and O–H groups in total. The van der Waals surface area contributed by atoms with Gasteiger partial charge in [-0.3, -0.25) is 4.98 Å². The molecule has 3 aromatic rings. The fourth-order valence-electron chi connectivity index (χ4n) is 4.04. The number of aromatic carboxylic acids is 1. The number of carboxylic acid groups (broad SMARTS) is 1. The minimum absolute atomic E-state index is 0.249. The molecule has 0 saturated carbocycles. The van der Waals surface area contributed by atoms with Gasteiger partial charge in [-0.05, 0) is 54.3 Å². The minimum Gasteiger partial charge on any atom is -0.497 e. The maximum absolute atomic E-state index is 11.4. The number of ether oxygens (including phenoxy) is 1. The summed E-state index contributed by atoms with van der Waals surface area (Å²) in [5, 5.41) is 12.6. The number of rotatable bonds is 7. The van der Waals surface area contributed by atoms with E-state index in [0.29, 0.717) is 18.2 Å². The Balaban J connectivity index is 1.49. The summed E-state index contributed by atoms with van der Waals surface area (Å²) < 4.78 is 5.34. The number of hydrogen-bond acceptors (Lipinski definition) is 5. The highest BCUT2D eigenvalue weighted by atomic mass is 16.5. The molecule has 4 rings (SSSR count). The molecule has 1 aromatic heterocycles. The van der Waals surface area contributed by atoms with Gasteiger partial charge in [0, 0.05) is 43.1 Å². The first-order valence-corrected chi connectivity index (χ1v) is 9.98. The lowest BCUT2D eigenvalue weighted by Crippen LogP contribution is -2.13. The molecule has 0 radical (unpaired) electrons. The van der Waals surface area contributed by atoms with Gasteiger partial charge in [-0.15, -0.1) is 0 Å². The lowest BCUT2D eigenvalue weighted by Gasteiger charge is -2.21. The van der Waals surface area contributed by atoms with Crippen molar-refractivity contribution in [1.29, 1.82) is 0 Å². The standard InChI is InChI=1S/C24H25N3O3/c1-27(18-4-3-5-20(13-18)30-2)19-8-9-21-16(12-19)6-7-17(21)14-26-23-15-25-11-10-22(23)24(28)29/h3-5,8-13,15,17,26H,6-7,14H2,1-2H3,(H,28,29)/t17-/m0/s1. The van der Waals surface area contributed by atoms with Crippen molar-refractivity contribution in [3.05, 3.63) is 77.6 Å². The number of anilines is 3. The van der Waals surface area contributed by atoms with Gasteiger partial charge in [0.2, 0.25) is 0 Å². The number of carboxylic acids is 1. The lowest BCUT2D eigenvalue weighted by atomic mass is 10.0. The Labute approximate surface area is 176 Å². The fraction of sp³-hybridized carbons (Fsp3) is 0.250. The fourth-order valence-corrected chi connectivity index (χ4v) is 4.04. The third-order valence-corrected chi connectivity index (χ3v) is 5.75. The Morgan fingerprint density at radius 1 is 1.23 bits per heavy atom. The zero-order valence-corrected chi connectivity index (χ0v) is 17.1. The van der Waals surface area contributed by atoms with Gasteiger partial charge in [-0.25, -0.2) is 4.79 Å². The van der Waals surface area contributed by atoms with Crippen LogP contribution < -0.4 is 15.0 Å². The number of fused-ring (bicyclic) bond motifs is 1. The molecular formula is C24H25N3O3. The monoisotopic (exact) mass is 403 g/mol. The van der Waals surface area contributed by atoms with Gasteiger partial charge in [-0.2, -0.15) is 0 Å². The molecular weight excluding hydrogens is 378 g/mol. The molecule has 154 valence electrons. The second-order valence-corrected chi connectivity index (χ2v) is 7.49. The maximum Gasteiger partial charge on any atom is 0.337 e. The summed E-state index contributed by atoms with van der Waals surface area (Å²) in [6, 6.07) is 16.1. The Morgan fingerprint density at radius 2 is 2.07 bits per heavy atom. The van der Waals surface area contributed by atoms with Crippen molar-refractivity contribution in [1.82, 2.24) is 4.98 Å². The van der Waals surface area contributed by atoms with Crippen molar-refractivity contribution in [2.45, 2.75) is 18.8 Å². The molecule has 6 heteroatoms. The van der Waals surface area contributed by atoms with Gasteiger partial charge < -0.3 is 20.1 Å². The van der Waals surface area contributed by atoms with Gasteiger partial charge in [0.25, 0.3) is 0 Å². The van der Waals surface area contributed by atoms with Crippen LogP contribution in [0.3, 0.4) is 0 Å². The van der Waals surface area contributed by atoms with Crippen LogP contribution in [0.2, 0.25) is 0 Å². The second-order valence-electron chi connectivity index (χ2n) is 7.49. The van der Waals surface area contributed by atoms with Gasteiger partial charge in [0.1, 0.15) is 5.75 Å². The number of hydrogen-bond donors (Lipinski definition) is 2. The van der Waals surface area contributed by atoms with Crippen molar-refractivity contribution in [2.24, 2.45) is 0 Å². The lowest BCUT2D eigenvalue weighted by molar-refractivity contribution is 0.0698. The van der Waals surface area contributed by atoms with E-state index in [1.807, 2.05) is 18.2 Å². The van der Waals surface area contributed by atoms with E-state index in [4.69, 9.17) is 4.74 Å². The van der Waals surface area contributed by atoms with Crippen LogP contribution >= 0.6 is 0 Å². The van der Waals surface area contributed by atoms with Crippen LogP contribution in [0.25, 0.3) is 0 Å². The Morgan fingerprint density at radius 3 is 2.87 bits per heavy atom. The highest BCUT2D eigenvalue weighted by molar-refractivity contribution is 5.93. The summed E-state index contributed by atoms with van der Waals surface area (Å²) in [4.78, 5) is 17.6. The van der Waals surface area contributed by atoms with E-state index in [1.54, 1.807) is 13.3 Å². The summed E-state index contributed by atoms with van der Waals surface area (Å²) in [5.41, 5.74) is 5.69. The molecule has 6 nitrogen and oxygen atoms in total. The quantitative estimate of drug-likeness (QED) is 0.596. The smallest absolute Gasteiger partial charge is 0.337 e. The first-order valence-electron chi connectivity index (χ1n) is 9.98. The first-order chi connectivity index (χ1) is 14.6. The van der Waals surface area contributed by atoms with Crippen molar-refractivity contribution in [3.63, 3.8) is 0 Å². The highest BCUT2D eigenvalue weighted by Gasteiger charge is 2.23. The van der Waals surface area contributed by atoms with Crippen LogP contribution in [0, 0.1) is 0 Å². The van der Waals surface area contributed by atoms with Gasteiger partial charge in [0.15, 0.2) is 0 Å². The van der Waals surface area contributed by atoms with E-state index < -0.39 is 5.97 Å². The molecule has 0 amide bonds. The number of aromatic nitrogens is 1. The Hall–Kier alpha value is -3.54. The second kappa shape index (κ2) is 8.45. The Kier molecular flexibility index (Phi) is 5.57. The van der Waals surface area contributed by atoms with Crippen LogP contribution in [0.15, 0.2) is 60.9 Å². The average molecular weight is 403 g/mol. The van der Waals surface area contributed by atoms with Crippen LogP contribution in [0.5, 0.6) is 5.75 Å². The van der Waals surface area contributed by atoms with E-state index in [1.165, 1.54) is 23.4 Å². The van der Waals surface area contributed by atoms with Crippen molar-refractivity contribution in [2.75, 3.05) is 30.9 Å². The molecule has 1 heterocycles. The van der Waals surface area contributed by atoms with E-state index >= 15 is 0 Å². The number of methoxy groups -OCH3 is 1. The van der Waals surface area contributed by atoms with Gasteiger partial charge >= 0.3 is 5.97 Å². The third kappa shape index (κ3) is 3.94. The third-order valence-electron chi connectivity index (χ3n) is 5.75. The summed E-state index contributed by atoms with van der Waals surface area (Å²) in [5.74, 6) is 0.234. The predicted molar refractivity (Wildman–Crippen MR) is 118 cm³/mol. The summed E-state index contributed by atoms with van der Waals surface area (Å²) in [7, 11) is 3.73. The number of pyridine rings is 1. The maximum atomic E-state index is 11.4. The molecule has 0 unspecified atom stereocenters. The molecule has 1 aliphatic rings. The molecule has 1 aliphatic carbocycles. The van der Waals surface area contributed by atoms with Gasteiger partial charge in [-0.1, -0.05) is 12.1 Å². The van der Waals surface area contributed by atoms with E-state index in [2.05, 4.69) is 46.5 Å². The molecule has 0 fully saturated rings. The molecule has 30 heavy (non-hydrogen) atoms. The van der Waals surface area contributed by atoms with Gasteiger partial charge in [0.05, 0.1) is 24.6 Å². The molecule has 0 bridgehead atoms. The SMILES string of the molecule is COc1cccc(N(C)c2ccc3c(c2)CC[C@H]3CNc2cnccc2C(=O)O)c1. The number of benzene rings is 2. The molecule has 0 spiro atoms. The largest absolute Gasteiger partial charge is 0.497 e. The average Bonchev–Trinajstić information content (AvgIpc) is 3.19. The zero-order chi connectivity index (χ0) is 21.1. The number of aryl methyl sites for hydroxylation is 1. The summed E-state index contributed by atoms with van der Waals surface area (Å²) in [6.45, 7) is 0.685. The minimum atomic E-state index is -0.947. The number of carbonyl (C=O) groups is 1. The zero-order valence-electron chi connectivity index (χ0n) is 17.1. The highest BCUT2D eigenvalue weighted by Crippen LogP contribution is 2.37. The molecule has 2 aromatic carbocycles. The first kappa shape index (κ1) is 19.8. The molecule has 0 aliphatic heterocycles. The number of nitrogens with one attached hydrogen (secondary N) is 1. The van der Waals surface area contributed by atoms with E-state index in [0.717, 1.165) is 30.0 Å². The van der Waals surface area contributed by atoms with E-state index in [-0.39, 0.29) is 5.56 Å². The number of nitrogens with zero attached hydrogens (tertiary/aromatic N) is 2. The summed E-state index contributed by atoms with van der Waals surface area (Å²) >= 11 is 0. The van der Waals surface area contributed by atoms with Crippen molar-refractivity contribution >= 4 is 23.0 Å².